The van der Waals surface area contributed by atoms with Crippen LogP contribution < -0.4 is 16.2 Å². The van der Waals surface area contributed by atoms with Gasteiger partial charge in [0, 0.05) is 17.9 Å². The molecule has 0 aliphatic heterocycles. The number of nitrogens with zero attached hydrogens (tertiary/aromatic N) is 4. The number of hydrogen-bond acceptors (Lipinski definition) is 7. The van der Waals surface area contributed by atoms with Crippen molar-refractivity contribution < 1.29 is 4.74 Å². The van der Waals surface area contributed by atoms with Gasteiger partial charge in [-0.15, -0.1) is 11.8 Å². The summed E-state index contributed by atoms with van der Waals surface area (Å²) in [5.74, 6) is 1.36. The number of imidazole rings is 1. The highest BCUT2D eigenvalue weighted by Crippen LogP contribution is 2.36. The van der Waals surface area contributed by atoms with Gasteiger partial charge in [0.1, 0.15) is 34.3 Å². The number of para-hydroxylation sites is 2. The fourth-order valence-electron chi connectivity index (χ4n) is 3.67. The molecule has 0 spiro atoms. The lowest BCUT2D eigenvalue weighted by atomic mass is 9.97. The van der Waals surface area contributed by atoms with E-state index in [1.54, 1.807) is 35.9 Å². The van der Waals surface area contributed by atoms with Crippen LogP contribution in [0.3, 0.4) is 0 Å². The maximum atomic E-state index is 12.3. The van der Waals surface area contributed by atoms with E-state index in [0.717, 1.165) is 11.0 Å². The standard InChI is InChI=1S/C24H20N6O2S/c1-32-16-9-7-15(8-10-16)21-17(13-25)22(27)29-23(18(21)14-26)33-12-4-11-30-20-6-3-2-5-19(20)28-24(30)31/h2-3,5-10H,4,11-12H2,1H3,(H2,27,29)(H,28,31). The molecule has 0 atom stereocenters. The molecule has 2 heterocycles. The van der Waals surface area contributed by atoms with Crippen LogP contribution in [-0.4, -0.2) is 27.4 Å². The van der Waals surface area contributed by atoms with Crippen molar-refractivity contribution in [2.24, 2.45) is 0 Å². The molecule has 3 N–H and O–H groups in total. The van der Waals surface area contributed by atoms with Crippen LogP contribution in [0.25, 0.3) is 22.2 Å². The van der Waals surface area contributed by atoms with E-state index >= 15 is 0 Å². The van der Waals surface area contributed by atoms with Crippen molar-refractivity contribution in [1.29, 1.82) is 10.5 Å². The van der Waals surface area contributed by atoms with Gasteiger partial charge in [0.2, 0.25) is 0 Å². The van der Waals surface area contributed by atoms with Crippen LogP contribution in [0.4, 0.5) is 5.82 Å². The van der Waals surface area contributed by atoms with E-state index in [2.05, 4.69) is 22.1 Å². The molecule has 0 aliphatic carbocycles. The lowest BCUT2D eigenvalue weighted by Crippen LogP contribution is -2.17. The van der Waals surface area contributed by atoms with Gasteiger partial charge in [0.05, 0.1) is 23.7 Å². The van der Waals surface area contributed by atoms with Gasteiger partial charge >= 0.3 is 5.69 Å². The van der Waals surface area contributed by atoms with Crippen molar-refractivity contribution in [2.75, 3.05) is 18.6 Å². The first kappa shape index (κ1) is 22.0. The third-order valence-corrected chi connectivity index (χ3v) is 6.30. The summed E-state index contributed by atoms with van der Waals surface area (Å²) in [6.07, 6.45) is 0.677. The fraction of sp³-hybridized carbons (Fsp3) is 0.167. The summed E-state index contributed by atoms with van der Waals surface area (Å²) in [7, 11) is 1.57. The summed E-state index contributed by atoms with van der Waals surface area (Å²) < 4.78 is 6.90. The lowest BCUT2D eigenvalue weighted by molar-refractivity contribution is 0.415. The van der Waals surface area contributed by atoms with Gasteiger partial charge in [-0.2, -0.15) is 10.5 Å². The van der Waals surface area contributed by atoms with Gasteiger partial charge < -0.3 is 15.5 Å². The molecular weight excluding hydrogens is 436 g/mol. The Bertz CT molecular complexity index is 1460. The number of aromatic amines is 1. The van der Waals surface area contributed by atoms with E-state index in [0.29, 0.717) is 46.2 Å². The van der Waals surface area contributed by atoms with Crippen LogP contribution in [0.15, 0.2) is 58.4 Å². The van der Waals surface area contributed by atoms with Crippen LogP contribution >= 0.6 is 11.8 Å². The Morgan fingerprint density at radius 3 is 2.55 bits per heavy atom. The second-order valence-corrected chi connectivity index (χ2v) is 8.26. The summed E-state index contributed by atoms with van der Waals surface area (Å²) >= 11 is 1.38. The Morgan fingerprint density at radius 1 is 1.12 bits per heavy atom. The van der Waals surface area contributed by atoms with Gasteiger partial charge in [-0.1, -0.05) is 24.3 Å². The number of hydrogen-bond donors (Lipinski definition) is 2. The third-order valence-electron chi connectivity index (χ3n) is 5.24. The highest BCUT2D eigenvalue weighted by Gasteiger charge is 2.20. The van der Waals surface area contributed by atoms with E-state index < -0.39 is 0 Å². The van der Waals surface area contributed by atoms with Crippen molar-refractivity contribution in [3.63, 3.8) is 0 Å². The molecule has 0 saturated heterocycles. The van der Waals surface area contributed by atoms with Gasteiger partial charge in [-0.05, 0) is 36.2 Å². The van der Waals surface area contributed by atoms with E-state index in [-0.39, 0.29) is 17.1 Å². The first-order valence-corrected chi connectivity index (χ1v) is 11.1. The second kappa shape index (κ2) is 9.51. The average molecular weight is 457 g/mol. The maximum absolute atomic E-state index is 12.3. The fourth-order valence-corrected chi connectivity index (χ4v) is 4.59. The Morgan fingerprint density at radius 2 is 1.85 bits per heavy atom. The zero-order valence-corrected chi connectivity index (χ0v) is 18.6. The number of rotatable bonds is 7. The topological polar surface area (TPSA) is 134 Å². The average Bonchev–Trinajstić information content (AvgIpc) is 3.16. The number of thioether (sulfide) groups is 1. The molecule has 0 aliphatic rings. The molecule has 33 heavy (non-hydrogen) atoms. The predicted molar refractivity (Wildman–Crippen MR) is 128 cm³/mol. The summed E-state index contributed by atoms with van der Waals surface area (Å²) in [5.41, 5.74) is 9.21. The van der Waals surface area contributed by atoms with Crippen molar-refractivity contribution >= 4 is 28.6 Å². The first-order chi connectivity index (χ1) is 16.1. The molecule has 4 rings (SSSR count). The van der Waals surface area contributed by atoms with E-state index in [1.165, 1.54) is 11.8 Å². The van der Waals surface area contributed by atoms with Crippen molar-refractivity contribution in [2.45, 2.75) is 18.0 Å². The van der Waals surface area contributed by atoms with Gasteiger partial charge in [-0.3, -0.25) is 4.57 Å². The molecule has 0 radical (unpaired) electrons. The van der Waals surface area contributed by atoms with Crippen LogP contribution in [0.1, 0.15) is 17.5 Å². The second-order valence-electron chi connectivity index (χ2n) is 7.18. The highest BCUT2D eigenvalue weighted by atomic mass is 32.2. The smallest absolute Gasteiger partial charge is 0.326 e. The number of benzene rings is 2. The Labute approximate surface area is 194 Å². The Balaban J connectivity index is 1.59. The van der Waals surface area contributed by atoms with E-state index in [4.69, 9.17) is 10.5 Å². The van der Waals surface area contributed by atoms with Crippen LogP contribution in [0, 0.1) is 22.7 Å². The molecule has 0 unspecified atom stereocenters. The SMILES string of the molecule is COc1ccc(-c2c(C#N)c(N)nc(SCCCn3c(=O)[nH]c4ccccc43)c2C#N)cc1. The largest absolute Gasteiger partial charge is 0.497 e. The number of methoxy groups -OCH3 is 1. The zero-order valence-electron chi connectivity index (χ0n) is 17.8. The summed E-state index contributed by atoms with van der Waals surface area (Å²) in [6.45, 7) is 0.523. The molecule has 0 fully saturated rings. The third kappa shape index (κ3) is 4.27. The minimum Gasteiger partial charge on any atom is -0.497 e. The van der Waals surface area contributed by atoms with Crippen LogP contribution in [0.5, 0.6) is 5.75 Å². The number of nitrogen functional groups attached to an aromatic ring is 1. The Hall–Kier alpha value is -4.21. The van der Waals surface area contributed by atoms with Crippen molar-refractivity contribution in [1.82, 2.24) is 14.5 Å². The molecule has 4 aromatic rings. The molecule has 2 aromatic carbocycles. The highest BCUT2D eigenvalue weighted by molar-refractivity contribution is 7.99. The molecule has 2 aromatic heterocycles. The number of aromatic nitrogens is 3. The number of ether oxygens (including phenoxy) is 1. The zero-order chi connectivity index (χ0) is 23.4. The molecule has 0 amide bonds. The number of H-pyrrole nitrogens is 1. The minimum absolute atomic E-state index is 0.0812. The molecule has 8 nitrogen and oxygen atoms in total. The van der Waals surface area contributed by atoms with Crippen molar-refractivity contribution in [3.05, 3.63) is 70.1 Å². The predicted octanol–water partition coefficient (Wildman–Crippen LogP) is 3.91. The molecule has 0 bridgehead atoms. The van der Waals surface area contributed by atoms with E-state index in [1.807, 2.05) is 24.3 Å². The number of nitrogens with two attached hydrogens (primary N) is 1. The summed E-state index contributed by atoms with van der Waals surface area (Å²) in [5, 5.41) is 20.0. The number of aryl methyl sites for hydroxylation is 1. The summed E-state index contributed by atoms with van der Waals surface area (Å²) in [4.78, 5) is 19.4. The Kier molecular flexibility index (Phi) is 6.34. The number of nitrogens with one attached hydrogen (secondary N) is 1. The first-order valence-electron chi connectivity index (χ1n) is 10.2. The molecular formula is C24H20N6O2S. The van der Waals surface area contributed by atoms with Gasteiger partial charge in [0.15, 0.2) is 0 Å². The van der Waals surface area contributed by atoms with Crippen molar-refractivity contribution in [3.8, 4) is 29.0 Å². The summed E-state index contributed by atoms with van der Waals surface area (Å²) in [6, 6.07) is 18.9. The number of pyridine rings is 1. The van der Waals surface area contributed by atoms with Crippen LogP contribution in [-0.2, 0) is 6.54 Å². The van der Waals surface area contributed by atoms with Crippen LogP contribution in [0.2, 0.25) is 0 Å². The number of fused-ring (bicyclic) bond motifs is 1. The molecule has 164 valence electrons. The monoisotopic (exact) mass is 456 g/mol. The van der Waals surface area contributed by atoms with E-state index in [9.17, 15) is 15.3 Å². The quantitative estimate of drug-likeness (QED) is 0.318. The number of nitriles is 2. The minimum atomic E-state index is -0.151. The van der Waals surface area contributed by atoms with Gasteiger partial charge in [0.25, 0.3) is 0 Å². The number of anilines is 1. The maximum Gasteiger partial charge on any atom is 0.326 e. The van der Waals surface area contributed by atoms with Gasteiger partial charge in [-0.25, -0.2) is 9.78 Å². The lowest BCUT2D eigenvalue weighted by Gasteiger charge is -2.13. The molecule has 9 heteroatoms. The molecule has 0 saturated carbocycles. The normalized spacial score (nSPS) is 10.6.